The van der Waals surface area contributed by atoms with Crippen LogP contribution in [0.3, 0.4) is 0 Å². The summed E-state index contributed by atoms with van der Waals surface area (Å²) in [5.41, 5.74) is 5.69. The van der Waals surface area contributed by atoms with Gasteiger partial charge in [0.2, 0.25) is 19.7 Å². The van der Waals surface area contributed by atoms with Crippen LogP contribution in [-0.4, -0.2) is 52.2 Å². The van der Waals surface area contributed by atoms with Gasteiger partial charge >= 0.3 is 10.4 Å². The van der Waals surface area contributed by atoms with Gasteiger partial charge in [-0.3, -0.25) is 10.1 Å². The van der Waals surface area contributed by atoms with Gasteiger partial charge in [0.1, 0.15) is 5.75 Å². The zero-order chi connectivity index (χ0) is 20.3. The van der Waals surface area contributed by atoms with E-state index in [1.54, 1.807) is 6.92 Å². The van der Waals surface area contributed by atoms with Crippen LogP contribution in [-0.2, 0) is 29.2 Å². The summed E-state index contributed by atoms with van der Waals surface area (Å²) in [6.07, 6.45) is 0.0341. The molecule has 0 unspecified atom stereocenters. The molecular weight excluding hydrogens is 388 g/mol. The highest BCUT2D eigenvalue weighted by Gasteiger charge is 2.50. The van der Waals surface area contributed by atoms with Crippen LogP contribution in [0.4, 0.5) is 10.5 Å². The maximum Gasteiger partial charge on any atom is 0.414 e. The minimum atomic E-state index is -4.28. The van der Waals surface area contributed by atoms with E-state index < -0.39 is 35.9 Å². The first-order valence-electron chi connectivity index (χ1n) is 7.08. The molecule has 0 atom stereocenters. The molecule has 10 nitrogen and oxygen atoms in total. The average Bonchev–Trinajstić information content (AvgIpc) is 2.45. The number of nitrogens with one attached hydrogen (secondary N) is 1. The van der Waals surface area contributed by atoms with Crippen molar-refractivity contribution in [2.24, 2.45) is 5.73 Å². The molecule has 26 heavy (non-hydrogen) atoms. The molecule has 0 aliphatic heterocycles. The molecule has 146 valence electrons. The summed E-state index contributed by atoms with van der Waals surface area (Å²) in [5.74, 6) is -0.341. The predicted molar refractivity (Wildman–Crippen MR) is 94.1 cm³/mol. The fourth-order valence-electron chi connectivity index (χ4n) is 1.75. The van der Waals surface area contributed by atoms with Crippen molar-refractivity contribution in [2.45, 2.75) is 18.1 Å². The van der Waals surface area contributed by atoms with Crippen molar-refractivity contribution in [1.29, 1.82) is 0 Å². The molecule has 0 saturated carbocycles. The number of nitrogens with two attached hydrogens (primary N) is 1. The first kappa shape index (κ1) is 21.7. The summed E-state index contributed by atoms with van der Waals surface area (Å²) in [5, 5.41) is 2.26. The Morgan fingerprint density at radius 2 is 1.69 bits per heavy atom. The number of sulfone groups is 2. The van der Waals surface area contributed by atoms with Crippen LogP contribution in [0.15, 0.2) is 18.2 Å². The molecule has 0 spiro atoms. The number of hydrogen-bond donors (Lipinski definition) is 2. The maximum atomic E-state index is 12.0. The maximum absolute atomic E-state index is 12.0. The van der Waals surface area contributed by atoms with E-state index in [9.17, 15) is 26.4 Å². The normalized spacial score (nSPS) is 12.3. The third-order valence-electron chi connectivity index (χ3n) is 3.44. The van der Waals surface area contributed by atoms with Gasteiger partial charge < -0.3 is 15.2 Å². The molecule has 12 heteroatoms. The van der Waals surface area contributed by atoms with Crippen molar-refractivity contribution in [3.8, 4) is 5.75 Å². The van der Waals surface area contributed by atoms with Gasteiger partial charge in [-0.15, -0.1) is 0 Å². The molecule has 1 aromatic carbocycles. The second-order valence-corrected chi connectivity index (χ2v) is 10.6. The third kappa shape index (κ3) is 5.08. The number of anilines is 1. The highest BCUT2D eigenvalue weighted by Crippen LogP contribution is 2.27. The van der Waals surface area contributed by atoms with Crippen molar-refractivity contribution in [3.05, 3.63) is 23.8 Å². The van der Waals surface area contributed by atoms with Crippen LogP contribution in [0.2, 0.25) is 0 Å². The summed E-state index contributed by atoms with van der Waals surface area (Å²) in [7, 11) is -8.55. The van der Waals surface area contributed by atoms with Crippen molar-refractivity contribution >= 4 is 37.4 Å². The Morgan fingerprint density at radius 3 is 2.12 bits per heavy atom. The van der Waals surface area contributed by atoms with E-state index in [4.69, 9.17) is 15.2 Å². The van der Waals surface area contributed by atoms with Crippen molar-refractivity contribution in [3.63, 3.8) is 0 Å². The highest BCUT2D eigenvalue weighted by atomic mass is 32.3. The van der Waals surface area contributed by atoms with Gasteiger partial charge in [-0.05, 0) is 30.7 Å². The molecule has 0 aromatic heterocycles. The van der Waals surface area contributed by atoms with Crippen molar-refractivity contribution < 1.29 is 35.9 Å². The van der Waals surface area contributed by atoms with E-state index in [1.165, 1.54) is 18.2 Å². The van der Waals surface area contributed by atoms with Crippen molar-refractivity contribution in [1.82, 2.24) is 0 Å². The number of benzene rings is 1. The van der Waals surface area contributed by atoms with E-state index >= 15 is 0 Å². The van der Waals surface area contributed by atoms with E-state index in [0.717, 1.165) is 6.92 Å². The summed E-state index contributed by atoms with van der Waals surface area (Å²) >= 11 is 0. The van der Waals surface area contributed by atoms with Crippen LogP contribution in [0.5, 0.6) is 5.75 Å². The van der Waals surface area contributed by atoms with Gasteiger partial charge in [0, 0.05) is 25.1 Å². The first-order chi connectivity index (χ1) is 11.7. The number of primary amides is 1. The van der Waals surface area contributed by atoms with Gasteiger partial charge in [0.25, 0.3) is 5.91 Å². The Balaban J connectivity index is 2.99. The van der Waals surface area contributed by atoms with E-state index in [0.29, 0.717) is 23.8 Å². The number of hydrogen-bond acceptors (Lipinski definition) is 8. The Labute approximate surface area is 151 Å². The fourth-order valence-corrected chi connectivity index (χ4v) is 4.40. The molecule has 0 aliphatic carbocycles. The lowest BCUT2D eigenvalue weighted by atomic mass is 10.2. The topological polar surface area (TPSA) is 159 Å². The summed E-state index contributed by atoms with van der Waals surface area (Å²) < 4.78 is 54.2. The van der Waals surface area contributed by atoms with Crippen LogP contribution < -0.4 is 15.8 Å². The van der Waals surface area contributed by atoms with Crippen LogP contribution in [0, 0.1) is 6.92 Å². The SMILES string of the molecule is Cc1cc(OCC(N)=O)ccc1NC(=O)OC(C)(S(C)(=O)=O)S(C)(=O)=O. The first-order valence-corrected chi connectivity index (χ1v) is 10.9. The molecule has 0 bridgehead atoms. The molecule has 3 N–H and O–H groups in total. The summed E-state index contributed by atoms with van der Waals surface area (Å²) in [4.78, 5) is 22.7. The zero-order valence-corrected chi connectivity index (χ0v) is 16.2. The summed E-state index contributed by atoms with van der Waals surface area (Å²) in [6.45, 7) is 2.05. The van der Waals surface area contributed by atoms with Gasteiger partial charge in [-0.1, -0.05) is 0 Å². The van der Waals surface area contributed by atoms with E-state index in [1.807, 2.05) is 0 Å². The highest BCUT2D eigenvalue weighted by molar-refractivity contribution is 8.09. The number of carbonyl (C=O) groups excluding carboxylic acids is 2. The Kier molecular flexibility index (Phi) is 6.26. The van der Waals surface area contributed by atoms with Crippen LogP contribution in [0.1, 0.15) is 12.5 Å². The molecule has 0 fully saturated rings. The Hall–Kier alpha value is -2.34. The van der Waals surface area contributed by atoms with Crippen molar-refractivity contribution in [2.75, 3.05) is 24.4 Å². The van der Waals surface area contributed by atoms with Gasteiger partial charge in [-0.25, -0.2) is 21.6 Å². The number of carbonyl (C=O) groups is 2. The molecule has 1 aromatic rings. The fraction of sp³-hybridized carbons (Fsp3) is 0.429. The standard InChI is InChI=1S/C14H20N2O8S2/c1-9-7-10(23-8-12(15)17)5-6-11(9)16-13(18)24-14(2,25(3,19)20)26(4,21)22/h5-7H,8H2,1-4H3,(H2,15,17)(H,16,18). The molecule has 0 aliphatic rings. The monoisotopic (exact) mass is 408 g/mol. The lowest BCUT2D eigenvalue weighted by molar-refractivity contribution is -0.119. The summed E-state index contributed by atoms with van der Waals surface area (Å²) in [6, 6.07) is 4.33. The smallest absolute Gasteiger partial charge is 0.414 e. The van der Waals surface area contributed by atoms with Crippen LogP contribution >= 0.6 is 0 Å². The molecule has 0 heterocycles. The predicted octanol–water partition coefficient (Wildman–Crippen LogP) is 0.171. The molecular formula is C14H20N2O8S2. The molecule has 1 rings (SSSR count). The second kappa shape index (κ2) is 7.50. The zero-order valence-electron chi connectivity index (χ0n) is 14.6. The Bertz CT molecular complexity index is 890. The average molecular weight is 408 g/mol. The molecule has 0 saturated heterocycles. The van der Waals surface area contributed by atoms with Gasteiger partial charge in [-0.2, -0.15) is 0 Å². The largest absolute Gasteiger partial charge is 0.484 e. The number of ether oxygens (including phenoxy) is 2. The van der Waals surface area contributed by atoms with E-state index in [-0.39, 0.29) is 12.3 Å². The number of rotatable bonds is 7. The van der Waals surface area contributed by atoms with Gasteiger partial charge in [0.15, 0.2) is 6.61 Å². The third-order valence-corrected chi connectivity index (χ3v) is 8.12. The molecule has 2 amide bonds. The van der Waals surface area contributed by atoms with E-state index in [2.05, 4.69) is 5.32 Å². The minimum absolute atomic E-state index is 0.228. The lowest BCUT2D eigenvalue weighted by Gasteiger charge is -2.25. The minimum Gasteiger partial charge on any atom is -0.484 e. The molecule has 0 radical (unpaired) electrons. The lowest BCUT2D eigenvalue weighted by Crippen LogP contribution is -2.47. The Morgan fingerprint density at radius 1 is 1.15 bits per heavy atom. The number of amides is 2. The second-order valence-electron chi connectivity index (χ2n) is 5.65. The quantitative estimate of drug-likeness (QED) is 0.646. The number of aryl methyl sites for hydroxylation is 1. The van der Waals surface area contributed by atoms with Gasteiger partial charge in [0.05, 0.1) is 0 Å². The van der Waals surface area contributed by atoms with Crippen LogP contribution in [0.25, 0.3) is 0 Å².